The Morgan fingerprint density at radius 3 is 2.39 bits per heavy atom. The van der Waals surface area contributed by atoms with Crippen molar-refractivity contribution >= 4 is 45.8 Å². The summed E-state index contributed by atoms with van der Waals surface area (Å²) in [5.74, 6) is 0.702. The zero-order chi connectivity index (χ0) is 12.7. The quantitative estimate of drug-likeness (QED) is 0.668. The summed E-state index contributed by atoms with van der Waals surface area (Å²) in [7, 11) is 0. The Hall–Kier alpha value is -1.29. The molecule has 1 N–H and O–H groups in total. The second kappa shape index (κ2) is 4.43. The summed E-state index contributed by atoms with van der Waals surface area (Å²) in [6.45, 7) is 0. The van der Waals surface area contributed by atoms with Gasteiger partial charge in [-0.1, -0.05) is 34.8 Å². The molecular formula is C12H6Cl3N3. The van der Waals surface area contributed by atoms with Gasteiger partial charge in [0.25, 0.3) is 0 Å². The lowest BCUT2D eigenvalue weighted by Crippen LogP contribution is -1.79. The summed E-state index contributed by atoms with van der Waals surface area (Å²) in [4.78, 5) is 11.5. The van der Waals surface area contributed by atoms with Gasteiger partial charge in [0, 0.05) is 16.7 Å². The van der Waals surface area contributed by atoms with Crippen LogP contribution in [-0.4, -0.2) is 15.0 Å². The molecule has 0 saturated heterocycles. The van der Waals surface area contributed by atoms with E-state index >= 15 is 0 Å². The first-order chi connectivity index (χ1) is 8.63. The van der Waals surface area contributed by atoms with E-state index in [0.29, 0.717) is 32.2 Å². The SMILES string of the molecule is Clc1ccc(-c2nc3cc(Cl)nc(Cl)c3[nH]2)cc1. The first-order valence-corrected chi connectivity index (χ1v) is 6.24. The Morgan fingerprint density at radius 1 is 0.944 bits per heavy atom. The third-order valence-corrected chi connectivity index (χ3v) is 3.24. The number of aromatic amines is 1. The zero-order valence-corrected chi connectivity index (χ0v) is 11.2. The number of pyridine rings is 1. The zero-order valence-electron chi connectivity index (χ0n) is 8.92. The van der Waals surface area contributed by atoms with Gasteiger partial charge in [-0.2, -0.15) is 0 Å². The predicted molar refractivity (Wildman–Crippen MR) is 74.4 cm³/mol. The minimum absolute atomic E-state index is 0.310. The van der Waals surface area contributed by atoms with Crippen LogP contribution in [0.15, 0.2) is 30.3 Å². The van der Waals surface area contributed by atoms with Crippen LogP contribution in [0.3, 0.4) is 0 Å². The molecule has 0 radical (unpaired) electrons. The fourth-order valence-electron chi connectivity index (χ4n) is 1.69. The van der Waals surface area contributed by atoms with Crippen LogP contribution in [0.4, 0.5) is 0 Å². The van der Waals surface area contributed by atoms with Crippen LogP contribution in [0.5, 0.6) is 0 Å². The molecule has 0 atom stereocenters. The van der Waals surface area contributed by atoms with Gasteiger partial charge in [0.1, 0.15) is 16.5 Å². The van der Waals surface area contributed by atoms with E-state index in [0.717, 1.165) is 5.56 Å². The molecule has 90 valence electrons. The minimum atomic E-state index is 0.310. The fraction of sp³-hybridized carbons (Fsp3) is 0. The van der Waals surface area contributed by atoms with E-state index in [1.54, 1.807) is 18.2 Å². The summed E-state index contributed by atoms with van der Waals surface area (Å²) in [6, 6.07) is 9.03. The summed E-state index contributed by atoms with van der Waals surface area (Å²) in [5.41, 5.74) is 2.28. The molecule has 0 aliphatic carbocycles. The van der Waals surface area contributed by atoms with Gasteiger partial charge in [-0.15, -0.1) is 0 Å². The predicted octanol–water partition coefficient (Wildman–Crippen LogP) is 4.59. The number of nitrogens with one attached hydrogen (secondary N) is 1. The maximum atomic E-state index is 6.00. The monoisotopic (exact) mass is 297 g/mol. The van der Waals surface area contributed by atoms with Crippen LogP contribution in [0.25, 0.3) is 22.4 Å². The average Bonchev–Trinajstić information content (AvgIpc) is 2.74. The highest BCUT2D eigenvalue weighted by Gasteiger charge is 2.10. The van der Waals surface area contributed by atoms with E-state index in [9.17, 15) is 0 Å². The third-order valence-electron chi connectivity index (χ3n) is 2.52. The van der Waals surface area contributed by atoms with Gasteiger partial charge in [0.2, 0.25) is 0 Å². The van der Waals surface area contributed by atoms with Crippen molar-refractivity contribution in [1.29, 1.82) is 0 Å². The highest BCUT2D eigenvalue weighted by molar-refractivity contribution is 6.36. The maximum absolute atomic E-state index is 6.00. The van der Waals surface area contributed by atoms with Gasteiger partial charge in [0.05, 0.1) is 5.52 Å². The lowest BCUT2D eigenvalue weighted by atomic mass is 10.2. The molecule has 3 nitrogen and oxygen atoms in total. The fourth-order valence-corrected chi connectivity index (χ4v) is 2.28. The first-order valence-electron chi connectivity index (χ1n) is 5.11. The van der Waals surface area contributed by atoms with E-state index in [1.165, 1.54) is 0 Å². The largest absolute Gasteiger partial charge is 0.335 e. The first kappa shape index (κ1) is 11.8. The van der Waals surface area contributed by atoms with Crippen molar-refractivity contribution in [2.24, 2.45) is 0 Å². The number of hydrogen-bond acceptors (Lipinski definition) is 2. The molecule has 18 heavy (non-hydrogen) atoms. The molecule has 0 amide bonds. The topological polar surface area (TPSA) is 41.6 Å². The molecule has 1 aromatic carbocycles. The highest BCUT2D eigenvalue weighted by atomic mass is 35.5. The van der Waals surface area contributed by atoms with Crippen molar-refractivity contribution in [2.75, 3.05) is 0 Å². The third kappa shape index (κ3) is 2.05. The molecule has 2 aromatic heterocycles. The number of halogens is 3. The summed E-state index contributed by atoms with van der Waals surface area (Å²) >= 11 is 17.7. The normalized spacial score (nSPS) is 11.1. The number of benzene rings is 1. The molecule has 0 aliphatic rings. The van der Waals surface area contributed by atoms with Crippen LogP contribution in [0.2, 0.25) is 15.3 Å². The van der Waals surface area contributed by atoms with Gasteiger partial charge < -0.3 is 4.98 Å². The molecule has 6 heteroatoms. The Kier molecular flexibility index (Phi) is 2.90. The second-order valence-electron chi connectivity index (χ2n) is 3.72. The van der Waals surface area contributed by atoms with Crippen molar-refractivity contribution in [3.05, 3.63) is 45.7 Å². The van der Waals surface area contributed by atoms with Crippen LogP contribution >= 0.6 is 34.8 Å². The van der Waals surface area contributed by atoms with Crippen molar-refractivity contribution < 1.29 is 0 Å². The van der Waals surface area contributed by atoms with E-state index in [1.807, 2.05) is 12.1 Å². The lowest BCUT2D eigenvalue weighted by molar-refractivity contribution is 1.33. The summed E-state index contributed by atoms with van der Waals surface area (Å²) in [6.07, 6.45) is 0. The van der Waals surface area contributed by atoms with Crippen molar-refractivity contribution in [3.63, 3.8) is 0 Å². The Morgan fingerprint density at radius 2 is 1.67 bits per heavy atom. The number of imidazole rings is 1. The standard InChI is InChI=1S/C12H6Cl3N3/c13-7-3-1-6(2-4-7)12-16-8-5-9(14)17-11(15)10(8)18-12/h1-5H,(H,16,18). The van der Waals surface area contributed by atoms with Crippen molar-refractivity contribution in [3.8, 4) is 11.4 Å². The Bertz CT molecular complexity index is 719. The average molecular weight is 299 g/mol. The number of aromatic nitrogens is 3. The van der Waals surface area contributed by atoms with E-state index in [-0.39, 0.29) is 0 Å². The highest BCUT2D eigenvalue weighted by Crippen LogP contribution is 2.27. The van der Waals surface area contributed by atoms with Gasteiger partial charge in [-0.05, 0) is 24.3 Å². The number of hydrogen-bond donors (Lipinski definition) is 1. The molecule has 0 saturated carbocycles. The van der Waals surface area contributed by atoms with Gasteiger partial charge >= 0.3 is 0 Å². The number of H-pyrrole nitrogens is 1. The van der Waals surface area contributed by atoms with E-state index in [4.69, 9.17) is 34.8 Å². The van der Waals surface area contributed by atoms with Gasteiger partial charge in [0.15, 0.2) is 5.15 Å². The smallest absolute Gasteiger partial charge is 0.156 e. The minimum Gasteiger partial charge on any atom is -0.335 e. The van der Waals surface area contributed by atoms with Crippen LogP contribution in [0.1, 0.15) is 0 Å². The molecule has 2 heterocycles. The molecule has 3 rings (SSSR count). The number of nitrogens with zero attached hydrogens (tertiary/aromatic N) is 2. The lowest BCUT2D eigenvalue weighted by Gasteiger charge is -1.95. The van der Waals surface area contributed by atoms with Gasteiger partial charge in [-0.3, -0.25) is 0 Å². The van der Waals surface area contributed by atoms with Crippen LogP contribution in [0, 0.1) is 0 Å². The summed E-state index contributed by atoms with van der Waals surface area (Å²) in [5, 5.41) is 1.31. The number of rotatable bonds is 1. The second-order valence-corrected chi connectivity index (χ2v) is 4.90. The molecule has 0 spiro atoms. The molecule has 3 aromatic rings. The van der Waals surface area contributed by atoms with Crippen molar-refractivity contribution in [1.82, 2.24) is 15.0 Å². The van der Waals surface area contributed by atoms with Crippen LogP contribution in [-0.2, 0) is 0 Å². The maximum Gasteiger partial charge on any atom is 0.156 e. The van der Waals surface area contributed by atoms with E-state index in [2.05, 4.69) is 15.0 Å². The molecule has 0 bridgehead atoms. The van der Waals surface area contributed by atoms with Crippen LogP contribution < -0.4 is 0 Å². The van der Waals surface area contributed by atoms with E-state index < -0.39 is 0 Å². The summed E-state index contributed by atoms with van der Waals surface area (Å²) < 4.78 is 0. The van der Waals surface area contributed by atoms with Crippen molar-refractivity contribution in [2.45, 2.75) is 0 Å². The molecular weight excluding hydrogens is 293 g/mol. The van der Waals surface area contributed by atoms with Gasteiger partial charge in [-0.25, -0.2) is 9.97 Å². The number of fused-ring (bicyclic) bond motifs is 1. The molecule has 0 unspecified atom stereocenters. The Labute approximate surface area is 118 Å². The molecule has 0 fully saturated rings. The molecule has 0 aliphatic heterocycles. The Balaban J connectivity index is 2.19.